The zero-order valence-electron chi connectivity index (χ0n) is 13.5. The Labute approximate surface area is 150 Å². The number of anilines is 1. The Morgan fingerprint density at radius 1 is 1.16 bits per heavy atom. The Morgan fingerprint density at radius 3 is 2.72 bits per heavy atom. The van der Waals surface area contributed by atoms with Crippen LogP contribution in [0.2, 0.25) is 5.02 Å². The first-order valence-electron chi connectivity index (χ1n) is 7.76. The topological polar surface area (TPSA) is 76.7 Å². The second-order valence-corrected chi connectivity index (χ2v) is 5.95. The lowest BCUT2D eigenvalue weighted by Crippen LogP contribution is -2.46. The van der Waals surface area contributed by atoms with Crippen molar-refractivity contribution in [2.24, 2.45) is 0 Å². The molecule has 2 N–H and O–H groups in total. The summed E-state index contributed by atoms with van der Waals surface area (Å²) in [6.45, 7) is 1.73. The van der Waals surface area contributed by atoms with Gasteiger partial charge in [-0.15, -0.1) is 0 Å². The molecule has 1 atom stereocenters. The van der Waals surface area contributed by atoms with E-state index in [4.69, 9.17) is 21.1 Å². The Morgan fingerprint density at radius 2 is 1.92 bits per heavy atom. The molecule has 0 aromatic heterocycles. The number of fused-ring (bicyclic) bond motifs is 1. The molecule has 0 saturated heterocycles. The highest BCUT2D eigenvalue weighted by Crippen LogP contribution is 2.30. The first kappa shape index (κ1) is 17.1. The number of benzene rings is 2. The number of amides is 2. The van der Waals surface area contributed by atoms with Gasteiger partial charge >= 0.3 is 0 Å². The molecule has 2 aromatic carbocycles. The van der Waals surface area contributed by atoms with E-state index in [1.165, 1.54) is 0 Å². The standard InChI is InChI=1S/C18H17ClN2O4/c1-11-12(19)5-4-6-13(11)21-17(22)9-20-18(23)16-10-24-14-7-2-3-8-15(14)25-16/h2-8,16H,9-10H2,1H3,(H,20,23)(H,21,22)/t16-/m0/s1. The molecule has 1 aliphatic rings. The summed E-state index contributed by atoms with van der Waals surface area (Å²) in [6.07, 6.45) is -0.796. The minimum Gasteiger partial charge on any atom is -0.485 e. The molecule has 0 bridgehead atoms. The van der Waals surface area contributed by atoms with Crippen LogP contribution < -0.4 is 20.1 Å². The van der Waals surface area contributed by atoms with Gasteiger partial charge in [0, 0.05) is 10.7 Å². The Bertz CT molecular complexity index is 809. The predicted octanol–water partition coefficient (Wildman–Crippen LogP) is 2.54. The van der Waals surface area contributed by atoms with Crippen LogP contribution in [0.3, 0.4) is 0 Å². The van der Waals surface area contributed by atoms with Crippen LogP contribution in [0.4, 0.5) is 5.69 Å². The molecule has 0 spiro atoms. The van der Waals surface area contributed by atoms with Crippen molar-refractivity contribution in [2.75, 3.05) is 18.5 Å². The van der Waals surface area contributed by atoms with Gasteiger partial charge in [0.05, 0.1) is 6.54 Å². The first-order chi connectivity index (χ1) is 12.0. The number of rotatable bonds is 4. The normalized spacial score (nSPS) is 15.4. The maximum atomic E-state index is 12.2. The summed E-state index contributed by atoms with van der Waals surface area (Å²) in [5.41, 5.74) is 1.38. The summed E-state index contributed by atoms with van der Waals surface area (Å²) in [6, 6.07) is 12.3. The average Bonchev–Trinajstić information content (AvgIpc) is 2.63. The summed E-state index contributed by atoms with van der Waals surface area (Å²) < 4.78 is 11.1. The zero-order valence-corrected chi connectivity index (χ0v) is 14.3. The van der Waals surface area contributed by atoms with Crippen LogP contribution in [0.1, 0.15) is 5.56 Å². The van der Waals surface area contributed by atoms with Crippen LogP contribution in [-0.2, 0) is 9.59 Å². The molecular formula is C18H17ClN2O4. The van der Waals surface area contributed by atoms with Crippen LogP contribution in [-0.4, -0.2) is 31.1 Å². The van der Waals surface area contributed by atoms with Crippen molar-refractivity contribution in [1.29, 1.82) is 0 Å². The van der Waals surface area contributed by atoms with Crippen molar-refractivity contribution in [1.82, 2.24) is 5.32 Å². The van der Waals surface area contributed by atoms with Crippen molar-refractivity contribution in [3.63, 3.8) is 0 Å². The average molecular weight is 361 g/mol. The highest BCUT2D eigenvalue weighted by Gasteiger charge is 2.27. The number of carbonyl (C=O) groups is 2. The molecule has 0 unspecified atom stereocenters. The van der Waals surface area contributed by atoms with Gasteiger partial charge in [0.1, 0.15) is 6.61 Å². The molecule has 0 saturated carbocycles. The van der Waals surface area contributed by atoms with Crippen LogP contribution in [0, 0.1) is 6.92 Å². The van der Waals surface area contributed by atoms with E-state index in [-0.39, 0.29) is 19.1 Å². The maximum Gasteiger partial charge on any atom is 0.265 e. The molecule has 0 fully saturated rings. The second-order valence-electron chi connectivity index (χ2n) is 5.54. The summed E-state index contributed by atoms with van der Waals surface area (Å²) in [4.78, 5) is 24.2. The van der Waals surface area contributed by atoms with Crippen molar-refractivity contribution >= 4 is 29.1 Å². The molecule has 6 nitrogen and oxygen atoms in total. The summed E-state index contributed by atoms with van der Waals surface area (Å²) in [5, 5.41) is 5.83. The second kappa shape index (κ2) is 7.44. The lowest BCUT2D eigenvalue weighted by Gasteiger charge is -2.25. The summed E-state index contributed by atoms with van der Waals surface area (Å²) >= 11 is 6.02. The highest BCUT2D eigenvalue weighted by molar-refractivity contribution is 6.31. The van der Waals surface area contributed by atoms with Crippen molar-refractivity contribution in [3.05, 3.63) is 53.1 Å². The molecule has 2 amide bonds. The van der Waals surface area contributed by atoms with Gasteiger partial charge in [-0.1, -0.05) is 29.8 Å². The third-order valence-electron chi connectivity index (χ3n) is 3.77. The van der Waals surface area contributed by atoms with E-state index >= 15 is 0 Å². The number of para-hydroxylation sites is 2. The number of ether oxygens (including phenoxy) is 2. The fraction of sp³-hybridized carbons (Fsp3) is 0.222. The Kier molecular flexibility index (Phi) is 5.09. The van der Waals surface area contributed by atoms with Gasteiger partial charge in [0.15, 0.2) is 11.5 Å². The van der Waals surface area contributed by atoms with Gasteiger partial charge in [-0.25, -0.2) is 0 Å². The van der Waals surface area contributed by atoms with Gasteiger partial charge in [-0.3, -0.25) is 9.59 Å². The number of carbonyl (C=O) groups excluding carboxylic acids is 2. The smallest absolute Gasteiger partial charge is 0.265 e. The largest absolute Gasteiger partial charge is 0.485 e. The quantitative estimate of drug-likeness (QED) is 0.878. The molecule has 1 aliphatic heterocycles. The van der Waals surface area contributed by atoms with Crippen molar-refractivity contribution in [2.45, 2.75) is 13.0 Å². The highest BCUT2D eigenvalue weighted by atomic mass is 35.5. The molecule has 25 heavy (non-hydrogen) atoms. The molecule has 130 valence electrons. The fourth-order valence-electron chi connectivity index (χ4n) is 2.37. The third-order valence-corrected chi connectivity index (χ3v) is 4.18. The van der Waals surface area contributed by atoms with Crippen molar-refractivity contribution in [3.8, 4) is 11.5 Å². The van der Waals surface area contributed by atoms with Crippen LogP contribution in [0.15, 0.2) is 42.5 Å². The van der Waals surface area contributed by atoms with Gasteiger partial charge in [-0.05, 0) is 36.8 Å². The minimum absolute atomic E-state index is 0.0951. The predicted molar refractivity (Wildman–Crippen MR) is 94.2 cm³/mol. The zero-order chi connectivity index (χ0) is 17.8. The number of halogens is 1. The molecular weight excluding hydrogens is 344 g/mol. The summed E-state index contributed by atoms with van der Waals surface area (Å²) in [7, 11) is 0. The van der Waals surface area contributed by atoms with Gasteiger partial charge in [0.25, 0.3) is 5.91 Å². The molecule has 0 aliphatic carbocycles. The monoisotopic (exact) mass is 360 g/mol. The molecule has 2 aromatic rings. The molecule has 7 heteroatoms. The Hall–Kier alpha value is -2.73. The first-order valence-corrected chi connectivity index (χ1v) is 8.13. The van der Waals surface area contributed by atoms with E-state index in [2.05, 4.69) is 10.6 Å². The van der Waals surface area contributed by atoms with E-state index in [0.29, 0.717) is 22.2 Å². The van der Waals surface area contributed by atoms with E-state index in [0.717, 1.165) is 5.56 Å². The van der Waals surface area contributed by atoms with Crippen LogP contribution >= 0.6 is 11.6 Å². The van der Waals surface area contributed by atoms with Gasteiger partial charge in [0.2, 0.25) is 12.0 Å². The third kappa shape index (κ3) is 4.03. The fourth-order valence-corrected chi connectivity index (χ4v) is 2.54. The number of nitrogens with one attached hydrogen (secondary N) is 2. The Balaban J connectivity index is 1.52. The lowest BCUT2D eigenvalue weighted by molar-refractivity contribution is -0.131. The molecule has 3 rings (SSSR count). The molecule has 1 heterocycles. The number of hydrogen-bond acceptors (Lipinski definition) is 4. The maximum absolute atomic E-state index is 12.2. The van der Waals surface area contributed by atoms with E-state index < -0.39 is 12.0 Å². The minimum atomic E-state index is -0.796. The van der Waals surface area contributed by atoms with Gasteiger partial charge < -0.3 is 20.1 Å². The number of hydrogen-bond donors (Lipinski definition) is 2. The SMILES string of the molecule is Cc1c(Cl)cccc1NC(=O)CNC(=O)[C@@H]1COc2ccccc2O1. The van der Waals surface area contributed by atoms with E-state index in [1.54, 1.807) is 43.3 Å². The van der Waals surface area contributed by atoms with Crippen LogP contribution in [0.5, 0.6) is 11.5 Å². The van der Waals surface area contributed by atoms with Crippen LogP contribution in [0.25, 0.3) is 0 Å². The van der Waals surface area contributed by atoms with E-state index in [1.807, 2.05) is 6.07 Å². The van der Waals surface area contributed by atoms with Gasteiger partial charge in [-0.2, -0.15) is 0 Å². The van der Waals surface area contributed by atoms with E-state index in [9.17, 15) is 9.59 Å². The summed E-state index contributed by atoms with van der Waals surface area (Å²) in [5.74, 6) is 0.344. The lowest BCUT2D eigenvalue weighted by atomic mass is 10.2. The van der Waals surface area contributed by atoms with Crippen molar-refractivity contribution < 1.29 is 19.1 Å². The molecule has 0 radical (unpaired) electrons.